The second-order valence-corrected chi connectivity index (χ2v) is 9.67. The first kappa shape index (κ1) is 29.8. The Labute approximate surface area is 204 Å². The van der Waals surface area contributed by atoms with Crippen molar-refractivity contribution in [1.29, 1.82) is 0 Å². The lowest BCUT2D eigenvalue weighted by molar-refractivity contribution is 0.0416. The van der Waals surface area contributed by atoms with Gasteiger partial charge < -0.3 is 20.3 Å². The zero-order valence-corrected chi connectivity index (χ0v) is 21.5. The number of aromatic hydroxyl groups is 1. The Morgan fingerprint density at radius 3 is 1.55 bits per heavy atom. The maximum Gasteiger partial charge on any atom is 0.115 e. The molecule has 0 spiro atoms. The van der Waals surface area contributed by atoms with Crippen molar-refractivity contribution in [1.82, 2.24) is 0 Å². The molecule has 0 aliphatic carbocycles. The number of nitrogens with one attached hydrogen (secondary N) is 1. The maximum absolute atomic E-state index is 9.98. The van der Waals surface area contributed by atoms with Crippen LogP contribution in [0.15, 0.2) is 24.3 Å². The van der Waals surface area contributed by atoms with Gasteiger partial charge in [-0.1, -0.05) is 116 Å². The number of hydrogen-bond donors (Lipinski definition) is 3. The molecule has 1 unspecified atom stereocenters. The largest absolute Gasteiger partial charge is 0.508 e. The highest BCUT2D eigenvalue weighted by Gasteiger charge is 2.04. The van der Waals surface area contributed by atoms with Gasteiger partial charge in [-0.15, -0.1) is 0 Å². The van der Waals surface area contributed by atoms with Crippen molar-refractivity contribution < 1.29 is 14.9 Å². The van der Waals surface area contributed by atoms with Gasteiger partial charge in [0.05, 0.1) is 12.7 Å². The molecule has 4 nitrogen and oxygen atoms in total. The molecule has 1 rings (SSSR count). The Morgan fingerprint density at radius 1 is 0.667 bits per heavy atom. The second-order valence-electron chi connectivity index (χ2n) is 9.67. The molecule has 0 saturated heterocycles. The summed E-state index contributed by atoms with van der Waals surface area (Å²) in [6.07, 6.45) is 24.4. The molecule has 1 atom stereocenters. The van der Waals surface area contributed by atoms with Crippen LogP contribution in [-0.4, -0.2) is 36.1 Å². The van der Waals surface area contributed by atoms with E-state index in [0.717, 1.165) is 18.7 Å². The van der Waals surface area contributed by atoms with Gasteiger partial charge in [0, 0.05) is 18.8 Å². The first-order valence-electron chi connectivity index (χ1n) is 14.0. The number of benzene rings is 1. The van der Waals surface area contributed by atoms with E-state index >= 15 is 0 Å². The summed E-state index contributed by atoms with van der Waals surface area (Å²) in [5.74, 6) is 0.244. The summed E-state index contributed by atoms with van der Waals surface area (Å²) in [6.45, 7) is 3.83. The molecule has 0 saturated carbocycles. The Balaban J connectivity index is 1.73. The fraction of sp³-hybridized carbons (Fsp3) is 0.793. The molecule has 0 bridgehead atoms. The van der Waals surface area contributed by atoms with Crippen LogP contribution in [0.25, 0.3) is 0 Å². The number of aliphatic hydroxyl groups is 1. The number of unbranched alkanes of at least 4 members (excludes halogenated alkanes) is 17. The Kier molecular flexibility index (Phi) is 20.3. The van der Waals surface area contributed by atoms with Gasteiger partial charge in [-0.05, 0) is 30.7 Å². The molecule has 3 N–H and O–H groups in total. The molecule has 4 heteroatoms. The fourth-order valence-corrected chi connectivity index (χ4v) is 4.20. The first-order valence-corrected chi connectivity index (χ1v) is 14.0. The van der Waals surface area contributed by atoms with Gasteiger partial charge in [0.1, 0.15) is 5.75 Å². The van der Waals surface area contributed by atoms with E-state index in [4.69, 9.17) is 4.74 Å². The number of phenols is 1. The van der Waals surface area contributed by atoms with Gasteiger partial charge in [0.25, 0.3) is 0 Å². The zero-order chi connectivity index (χ0) is 23.8. The quantitative estimate of drug-likeness (QED) is 0.107. The van der Waals surface area contributed by atoms with Gasteiger partial charge >= 0.3 is 0 Å². The summed E-state index contributed by atoms with van der Waals surface area (Å²) in [4.78, 5) is 0. The van der Waals surface area contributed by atoms with Gasteiger partial charge in [0.15, 0.2) is 0 Å². The Bertz CT molecular complexity index is 520. The van der Waals surface area contributed by atoms with Crippen LogP contribution in [-0.2, 0) is 4.74 Å². The highest BCUT2D eigenvalue weighted by Crippen LogP contribution is 2.15. The van der Waals surface area contributed by atoms with Crippen molar-refractivity contribution in [2.24, 2.45) is 0 Å². The first-order chi connectivity index (χ1) is 16.2. The standard InChI is InChI=1S/C29H53NO3/c1-2-3-4-5-6-7-8-9-10-11-12-13-14-15-16-17-18-19-24-33-26-29(32)25-30-27-20-22-28(31)23-21-27/h20-23,29-32H,2-19,24-26H2,1H3. The summed E-state index contributed by atoms with van der Waals surface area (Å²) in [5.41, 5.74) is 0.885. The van der Waals surface area contributed by atoms with Gasteiger partial charge in [-0.2, -0.15) is 0 Å². The average Bonchev–Trinajstić information content (AvgIpc) is 2.82. The lowest BCUT2D eigenvalue weighted by atomic mass is 10.0. The second kappa shape index (κ2) is 22.5. The maximum atomic E-state index is 9.98. The highest BCUT2D eigenvalue weighted by molar-refractivity contribution is 5.45. The third kappa shape index (κ3) is 19.9. The summed E-state index contributed by atoms with van der Waals surface area (Å²) in [5, 5.41) is 22.4. The SMILES string of the molecule is CCCCCCCCCCCCCCCCCCCCOCC(O)CNc1ccc(O)cc1. The molecule has 1 aromatic carbocycles. The van der Waals surface area contributed by atoms with Crippen LogP contribution in [0, 0.1) is 0 Å². The Hall–Kier alpha value is -1.26. The third-order valence-corrected chi connectivity index (χ3v) is 6.36. The summed E-state index contributed by atoms with van der Waals surface area (Å²) in [6, 6.07) is 6.84. The predicted molar refractivity (Wildman–Crippen MR) is 142 cm³/mol. The molecule has 0 aliphatic rings. The van der Waals surface area contributed by atoms with Gasteiger partial charge in [-0.3, -0.25) is 0 Å². The minimum atomic E-state index is -0.519. The van der Waals surface area contributed by atoms with Gasteiger partial charge in [0.2, 0.25) is 0 Å². The highest BCUT2D eigenvalue weighted by atomic mass is 16.5. The van der Waals surface area contributed by atoms with Crippen molar-refractivity contribution in [3.8, 4) is 5.75 Å². The number of hydrogen-bond acceptors (Lipinski definition) is 4. The molecular formula is C29H53NO3. The van der Waals surface area contributed by atoms with E-state index in [9.17, 15) is 10.2 Å². The number of ether oxygens (including phenoxy) is 1. The Morgan fingerprint density at radius 2 is 1.09 bits per heavy atom. The molecule has 0 heterocycles. The van der Waals surface area contributed by atoms with Crippen LogP contribution in [0.5, 0.6) is 5.75 Å². The molecule has 33 heavy (non-hydrogen) atoms. The van der Waals surface area contributed by atoms with Gasteiger partial charge in [-0.25, -0.2) is 0 Å². The van der Waals surface area contributed by atoms with Crippen molar-refractivity contribution in [2.45, 2.75) is 129 Å². The van der Waals surface area contributed by atoms with E-state index in [1.165, 1.54) is 109 Å². The van der Waals surface area contributed by atoms with E-state index in [2.05, 4.69) is 12.2 Å². The summed E-state index contributed by atoms with van der Waals surface area (Å²) < 4.78 is 5.60. The lowest BCUT2D eigenvalue weighted by Crippen LogP contribution is -2.25. The predicted octanol–water partition coefficient (Wildman–Crippen LogP) is 8.22. The molecular weight excluding hydrogens is 410 g/mol. The lowest BCUT2D eigenvalue weighted by Gasteiger charge is -2.13. The number of aliphatic hydroxyl groups excluding tert-OH is 1. The van der Waals surface area contributed by atoms with Crippen molar-refractivity contribution >= 4 is 5.69 Å². The summed E-state index contributed by atoms with van der Waals surface area (Å²) >= 11 is 0. The molecule has 0 aromatic heterocycles. The van der Waals surface area contributed by atoms with Crippen molar-refractivity contribution in [3.63, 3.8) is 0 Å². The minimum absolute atomic E-state index is 0.244. The van der Waals surface area contributed by atoms with Crippen LogP contribution >= 0.6 is 0 Å². The van der Waals surface area contributed by atoms with Crippen LogP contribution < -0.4 is 5.32 Å². The molecule has 0 radical (unpaired) electrons. The van der Waals surface area contributed by atoms with E-state index in [1.807, 2.05) is 0 Å². The smallest absolute Gasteiger partial charge is 0.115 e. The minimum Gasteiger partial charge on any atom is -0.508 e. The molecule has 192 valence electrons. The number of phenolic OH excluding ortho intramolecular Hbond substituents is 1. The molecule has 0 fully saturated rings. The van der Waals surface area contributed by atoms with E-state index in [0.29, 0.717) is 13.2 Å². The number of rotatable bonds is 24. The van der Waals surface area contributed by atoms with Crippen molar-refractivity contribution in [2.75, 3.05) is 25.1 Å². The molecule has 0 aliphatic heterocycles. The normalized spacial score (nSPS) is 12.2. The third-order valence-electron chi connectivity index (χ3n) is 6.36. The van der Waals surface area contributed by atoms with E-state index in [1.54, 1.807) is 24.3 Å². The molecule has 1 aromatic rings. The summed E-state index contributed by atoms with van der Waals surface area (Å²) in [7, 11) is 0. The fourth-order valence-electron chi connectivity index (χ4n) is 4.20. The van der Waals surface area contributed by atoms with Crippen molar-refractivity contribution in [3.05, 3.63) is 24.3 Å². The van der Waals surface area contributed by atoms with Crippen LogP contribution in [0.2, 0.25) is 0 Å². The van der Waals surface area contributed by atoms with Crippen LogP contribution in [0.4, 0.5) is 5.69 Å². The topological polar surface area (TPSA) is 61.7 Å². The van der Waals surface area contributed by atoms with Crippen LogP contribution in [0.3, 0.4) is 0 Å². The van der Waals surface area contributed by atoms with Crippen LogP contribution in [0.1, 0.15) is 122 Å². The van der Waals surface area contributed by atoms with E-state index < -0.39 is 6.10 Å². The molecule has 0 amide bonds. The average molecular weight is 464 g/mol. The monoisotopic (exact) mass is 463 g/mol. The van der Waals surface area contributed by atoms with E-state index in [-0.39, 0.29) is 5.75 Å². The number of anilines is 1. The zero-order valence-electron chi connectivity index (χ0n) is 21.5.